The van der Waals surface area contributed by atoms with E-state index in [0.717, 1.165) is 0 Å². The van der Waals surface area contributed by atoms with Crippen molar-refractivity contribution in [1.29, 1.82) is 0 Å². The van der Waals surface area contributed by atoms with Gasteiger partial charge in [-0.3, -0.25) is 4.79 Å². The molecule has 1 aromatic carbocycles. The van der Waals surface area contributed by atoms with Gasteiger partial charge < -0.3 is 30.4 Å². The molecule has 0 saturated heterocycles. The molecule has 1 heterocycles. The molecule has 1 aromatic rings. The van der Waals surface area contributed by atoms with Crippen molar-refractivity contribution in [3.05, 3.63) is 18.2 Å². The van der Waals surface area contributed by atoms with E-state index in [1.807, 2.05) is 0 Å². The molecule has 7 heteroatoms. The van der Waals surface area contributed by atoms with E-state index in [-0.39, 0.29) is 32.4 Å². The van der Waals surface area contributed by atoms with Crippen LogP contribution in [0.4, 0.5) is 0 Å². The zero-order chi connectivity index (χ0) is 13.7. The number of nitrogens with two attached hydrogens (primary N) is 1. The van der Waals surface area contributed by atoms with Gasteiger partial charge in [-0.05, 0) is 12.1 Å². The van der Waals surface area contributed by atoms with E-state index < -0.39 is 6.10 Å². The number of carbonyl (C=O) groups excluding carboxylic acids is 1. The Bertz CT molecular complexity index is 452. The van der Waals surface area contributed by atoms with Gasteiger partial charge >= 0.3 is 0 Å². The van der Waals surface area contributed by atoms with Crippen LogP contribution in [0, 0.1) is 0 Å². The first-order chi connectivity index (χ1) is 9.19. The zero-order valence-electron chi connectivity index (χ0n) is 10.3. The topological polar surface area (TPSA) is 103 Å². The molecular weight excluding hydrogens is 252 g/mol. The number of ether oxygens (including phenoxy) is 3. The van der Waals surface area contributed by atoms with Crippen molar-refractivity contribution in [1.82, 2.24) is 5.32 Å². The van der Waals surface area contributed by atoms with E-state index in [2.05, 4.69) is 5.32 Å². The molecule has 19 heavy (non-hydrogen) atoms. The number of hydrogen-bond acceptors (Lipinski definition) is 6. The Kier molecular flexibility index (Phi) is 4.43. The normalized spacial score (nSPS) is 14.0. The summed E-state index contributed by atoms with van der Waals surface area (Å²) < 4.78 is 15.8. The van der Waals surface area contributed by atoms with Crippen molar-refractivity contribution >= 4 is 5.91 Å². The van der Waals surface area contributed by atoms with E-state index in [0.29, 0.717) is 17.2 Å². The van der Waals surface area contributed by atoms with Gasteiger partial charge in [0.2, 0.25) is 12.7 Å². The van der Waals surface area contributed by atoms with Crippen LogP contribution in [0.1, 0.15) is 0 Å². The summed E-state index contributed by atoms with van der Waals surface area (Å²) in [5.41, 5.74) is 5.12. The summed E-state index contributed by atoms with van der Waals surface area (Å²) in [6, 6.07) is 5.15. The first-order valence-corrected chi connectivity index (χ1v) is 5.86. The lowest BCUT2D eigenvalue weighted by Crippen LogP contribution is -2.38. The molecular formula is C12H16N2O5. The molecule has 0 radical (unpaired) electrons. The number of nitrogens with one attached hydrogen (secondary N) is 1. The highest BCUT2D eigenvalue weighted by atomic mass is 16.7. The molecule has 1 aliphatic heterocycles. The second-order valence-corrected chi connectivity index (χ2v) is 3.99. The monoisotopic (exact) mass is 268 g/mol. The van der Waals surface area contributed by atoms with E-state index >= 15 is 0 Å². The van der Waals surface area contributed by atoms with Crippen LogP contribution in [-0.2, 0) is 4.79 Å². The Morgan fingerprint density at radius 3 is 3.05 bits per heavy atom. The summed E-state index contributed by atoms with van der Waals surface area (Å²) in [6.07, 6.45) is -0.805. The van der Waals surface area contributed by atoms with Crippen molar-refractivity contribution in [3.63, 3.8) is 0 Å². The fourth-order valence-electron chi connectivity index (χ4n) is 1.52. The summed E-state index contributed by atoms with van der Waals surface area (Å²) in [4.78, 5) is 10.9. The molecule has 0 spiro atoms. The maximum atomic E-state index is 10.9. The van der Waals surface area contributed by atoms with E-state index in [1.54, 1.807) is 18.2 Å². The summed E-state index contributed by atoms with van der Waals surface area (Å²) >= 11 is 0. The van der Waals surface area contributed by atoms with Gasteiger partial charge in [-0.15, -0.1) is 0 Å². The largest absolute Gasteiger partial charge is 0.491 e. The molecule has 0 saturated carbocycles. The molecule has 0 fully saturated rings. The SMILES string of the molecule is NCC(=O)NCC(O)COc1ccc2c(c1)OCO2. The second-order valence-electron chi connectivity index (χ2n) is 3.99. The smallest absolute Gasteiger partial charge is 0.233 e. The van der Waals surface area contributed by atoms with E-state index in [9.17, 15) is 9.90 Å². The van der Waals surface area contributed by atoms with Gasteiger partial charge in [-0.1, -0.05) is 0 Å². The van der Waals surface area contributed by atoms with Crippen molar-refractivity contribution in [2.45, 2.75) is 6.10 Å². The van der Waals surface area contributed by atoms with Crippen molar-refractivity contribution in [3.8, 4) is 17.2 Å². The Morgan fingerprint density at radius 1 is 1.47 bits per heavy atom. The summed E-state index contributed by atoms with van der Waals surface area (Å²) in [6.45, 7) is 0.257. The summed E-state index contributed by atoms with van der Waals surface area (Å²) in [7, 11) is 0. The lowest BCUT2D eigenvalue weighted by molar-refractivity contribution is -0.120. The molecule has 1 unspecified atom stereocenters. The Hall–Kier alpha value is -1.99. The second kappa shape index (κ2) is 6.26. The van der Waals surface area contributed by atoms with Gasteiger partial charge in [-0.2, -0.15) is 0 Å². The lowest BCUT2D eigenvalue weighted by Gasteiger charge is -2.13. The van der Waals surface area contributed by atoms with Gasteiger partial charge in [0.15, 0.2) is 11.5 Å². The molecule has 0 aromatic heterocycles. The molecule has 4 N–H and O–H groups in total. The summed E-state index contributed by atoms with van der Waals surface area (Å²) in [5, 5.41) is 12.1. The Balaban J connectivity index is 1.77. The predicted octanol–water partition coefficient (Wildman–Crippen LogP) is -0.770. The highest BCUT2D eigenvalue weighted by Gasteiger charge is 2.14. The molecule has 0 bridgehead atoms. The zero-order valence-corrected chi connectivity index (χ0v) is 10.3. The van der Waals surface area contributed by atoms with Crippen LogP contribution in [-0.4, -0.2) is 43.6 Å². The van der Waals surface area contributed by atoms with Crippen molar-refractivity contribution < 1.29 is 24.1 Å². The minimum absolute atomic E-state index is 0.0600. The maximum Gasteiger partial charge on any atom is 0.233 e. The first-order valence-electron chi connectivity index (χ1n) is 5.86. The third-order valence-corrected chi connectivity index (χ3v) is 2.51. The average molecular weight is 268 g/mol. The third kappa shape index (κ3) is 3.73. The Morgan fingerprint density at radius 2 is 2.26 bits per heavy atom. The average Bonchev–Trinajstić information content (AvgIpc) is 2.89. The number of aliphatic hydroxyl groups excluding tert-OH is 1. The van der Waals surface area contributed by atoms with Crippen LogP contribution < -0.4 is 25.3 Å². The van der Waals surface area contributed by atoms with Crippen LogP contribution in [0.2, 0.25) is 0 Å². The van der Waals surface area contributed by atoms with Gasteiger partial charge in [0.05, 0.1) is 6.54 Å². The van der Waals surface area contributed by atoms with Crippen LogP contribution >= 0.6 is 0 Å². The number of aliphatic hydroxyl groups is 1. The number of amides is 1. The van der Waals surface area contributed by atoms with Crippen LogP contribution in [0.25, 0.3) is 0 Å². The quantitative estimate of drug-likeness (QED) is 0.626. The number of benzene rings is 1. The fraction of sp³-hybridized carbons (Fsp3) is 0.417. The van der Waals surface area contributed by atoms with Crippen LogP contribution in [0.15, 0.2) is 18.2 Å². The van der Waals surface area contributed by atoms with Crippen molar-refractivity contribution in [2.75, 3.05) is 26.5 Å². The van der Waals surface area contributed by atoms with Gasteiger partial charge in [0.25, 0.3) is 0 Å². The number of rotatable bonds is 6. The molecule has 1 atom stereocenters. The summed E-state index contributed by atoms with van der Waals surface area (Å²) in [5.74, 6) is 1.53. The standard InChI is InChI=1S/C12H16N2O5/c13-4-12(16)14-5-8(15)6-17-9-1-2-10-11(3-9)19-7-18-10/h1-3,8,15H,4-7,13H2,(H,14,16). The molecule has 7 nitrogen and oxygen atoms in total. The highest BCUT2D eigenvalue weighted by molar-refractivity contribution is 5.77. The predicted molar refractivity (Wildman–Crippen MR) is 66.1 cm³/mol. The Labute approximate surface area is 110 Å². The molecule has 0 aliphatic carbocycles. The fourth-order valence-corrected chi connectivity index (χ4v) is 1.52. The van der Waals surface area contributed by atoms with Gasteiger partial charge in [0, 0.05) is 12.6 Å². The lowest BCUT2D eigenvalue weighted by atomic mass is 10.3. The molecule has 2 rings (SSSR count). The number of carbonyl (C=O) groups is 1. The number of hydrogen-bond donors (Lipinski definition) is 3. The van der Waals surface area contributed by atoms with Crippen LogP contribution in [0.3, 0.4) is 0 Å². The molecule has 1 aliphatic rings. The van der Waals surface area contributed by atoms with E-state index in [1.165, 1.54) is 0 Å². The van der Waals surface area contributed by atoms with Gasteiger partial charge in [-0.25, -0.2) is 0 Å². The minimum atomic E-state index is -0.805. The molecule has 104 valence electrons. The maximum absolute atomic E-state index is 10.9. The van der Waals surface area contributed by atoms with E-state index in [4.69, 9.17) is 19.9 Å². The third-order valence-electron chi connectivity index (χ3n) is 2.51. The highest BCUT2D eigenvalue weighted by Crippen LogP contribution is 2.35. The number of fused-ring (bicyclic) bond motifs is 1. The first kappa shape index (κ1) is 13.4. The van der Waals surface area contributed by atoms with Crippen LogP contribution in [0.5, 0.6) is 17.2 Å². The van der Waals surface area contributed by atoms with Crippen molar-refractivity contribution in [2.24, 2.45) is 5.73 Å². The molecule has 1 amide bonds. The van der Waals surface area contributed by atoms with Gasteiger partial charge in [0.1, 0.15) is 18.5 Å². The minimum Gasteiger partial charge on any atom is -0.491 e.